The Morgan fingerprint density at radius 2 is 2.07 bits per heavy atom. The number of nitrogens with two attached hydrogens (primary N) is 1. The van der Waals surface area contributed by atoms with Crippen molar-refractivity contribution in [2.75, 3.05) is 26.2 Å². The van der Waals surface area contributed by atoms with Crippen LogP contribution in [0.4, 0.5) is 0 Å². The maximum atomic E-state index is 12.7. The Labute approximate surface area is 171 Å². The molecule has 0 aromatic heterocycles. The number of amides is 2. The zero-order valence-corrected chi connectivity index (χ0v) is 17.0. The average Bonchev–Trinajstić information content (AvgIpc) is 3.10. The van der Waals surface area contributed by atoms with E-state index in [2.05, 4.69) is 0 Å². The lowest BCUT2D eigenvalue weighted by Gasteiger charge is -2.40. The van der Waals surface area contributed by atoms with Gasteiger partial charge < -0.3 is 20.3 Å². The molecule has 8 heteroatoms. The Hall–Kier alpha value is -1.34. The SMILES string of the molecule is CC1CN(C(=O)[C@@H]2CC[C@H](CN)O2)CCN1C(=O)Cc1cccc(Cl)c1.Cl. The van der Waals surface area contributed by atoms with E-state index in [0.717, 1.165) is 18.4 Å². The maximum absolute atomic E-state index is 12.7. The minimum Gasteiger partial charge on any atom is -0.364 e. The van der Waals surface area contributed by atoms with Gasteiger partial charge >= 0.3 is 0 Å². The fourth-order valence-electron chi connectivity index (χ4n) is 3.72. The standard InChI is InChI=1S/C19H26ClN3O3.ClH/c1-13-12-22(19(25)17-6-5-16(11-21)26-17)7-8-23(13)18(24)10-14-3-2-4-15(20)9-14;/h2-4,9,13,16-17H,5-8,10-12,21H2,1H3;1H/t13?,16-,17+;/m1./s1. The lowest BCUT2D eigenvalue weighted by Crippen LogP contribution is -2.57. The van der Waals surface area contributed by atoms with Crippen molar-refractivity contribution in [2.24, 2.45) is 5.73 Å². The van der Waals surface area contributed by atoms with Crippen molar-refractivity contribution in [1.29, 1.82) is 0 Å². The van der Waals surface area contributed by atoms with Gasteiger partial charge in [0.1, 0.15) is 6.10 Å². The van der Waals surface area contributed by atoms with Gasteiger partial charge in [0, 0.05) is 37.2 Å². The highest BCUT2D eigenvalue weighted by molar-refractivity contribution is 6.30. The molecular weight excluding hydrogens is 389 g/mol. The lowest BCUT2D eigenvalue weighted by molar-refractivity contribution is -0.149. The van der Waals surface area contributed by atoms with E-state index in [-0.39, 0.29) is 42.5 Å². The number of carbonyl (C=O) groups is 2. The first-order valence-corrected chi connectivity index (χ1v) is 9.54. The molecule has 2 aliphatic rings. The Morgan fingerprint density at radius 1 is 1.30 bits per heavy atom. The van der Waals surface area contributed by atoms with Gasteiger partial charge in [-0.15, -0.1) is 12.4 Å². The number of hydrogen-bond donors (Lipinski definition) is 1. The van der Waals surface area contributed by atoms with Gasteiger partial charge in [-0.2, -0.15) is 0 Å². The highest BCUT2D eigenvalue weighted by Crippen LogP contribution is 2.22. The Morgan fingerprint density at radius 3 is 2.70 bits per heavy atom. The van der Waals surface area contributed by atoms with Crippen molar-refractivity contribution in [3.63, 3.8) is 0 Å². The van der Waals surface area contributed by atoms with Crippen molar-refractivity contribution in [2.45, 2.75) is 44.4 Å². The summed E-state index contributed by atoms with van der Waals surface area (Å²) in [4.78, 5) is 29.0. The van der Waals surface area contributed by atoms with Crippen LogP contribution in [0.25, 0.3) is 0 Å². The number of benzene rings is 1. The molecule has 0 aliphatic carbocycles. The largest absolute Gasteiger partial charge is 0.364 e. The van der Waals surface area contributed by atoms with Crippen LogP contribution in [-0.2, 0) is 20.7 Å². The highest BCUT2D eigenvalue weighted by atomic mass is 35.5. The first kappa shape index (κ1) is 22.0. The second kappa shape index (κ2) is 9.73. The molecule has 6 nitrogen and oxygen atoms in total. The van der Waals surface area contributed by atoms with Crippen molar-refractivity contribution >= 4 is 35.8 Å². The summed E-state index contributed by atoms with van der Waals surface area (Å²) in [6.07, 6.45) is 1.48. The number of hydrogen-bond acceptors (Lipinski definition) is 4. The van der Waals surface area contributed by atoms with Gasteiger partial charge in [0.25, 0.3) is 5.91 Å². The van der Waals surface area contributed by atoms with Gasteiger partial charge in [-0.3, -0.25) is 9.59 Å². The molecule has 3 atom stereocenters. The van der Waals surface area contributed by atoms with E-state index in [1.54, 1.807) is 6.07 Å². The Kier molecular flexibility index (Phi) is 7.91. The van der Waals surface area contributed by atoms with E-state index in [1.165, 1.54) is 0 Å². The lowest BCUT2D eigenvalue weighted by atomic mass is 10.1. The van der Waals surface area contributed by atoms with Gasteiger partial charge in [-0.05, 0) is 37.5 Å². The van der Waals surface area contributed by atoms with Crippen LogP contribution < -0.4 is 5.73 Å². The summed E-state index contributed by atoms with van der Waals surface area (Å²) in [6, 6.07) is 7.34. The van der Waals surface area contributed by atoms with Gasteiger partial charge in [0.2, 0.25) is 5.91 Å². The van der Waals surface area contributed by atoms with Crippen LogP contribution in [0.5, 0.6) is 0 Å². The zero-order chi connectivity index (χ0) is 18.7. The molecule has 2 heterocycles. The summed E-state index contributed by atoms with van der Waals surface area (Å²) < 4.78 is 5.72. The molecule has 0 spiro atoms. The van der Waals surface area contributed by atoms with Gasteiger partial charge in [0.15, 0.2) is 0 Å². The number of rotatable bonds is 4. The van der Waals surface area contributed by atoms with Crippen molar-refractivity contribution in [1.82, 2.24) is 9.80 Å². The molecule has 1 aromatic rings. The van der Waals surface area contributed by atoms with Crippen molar-refractivity contribution < 1.29 is 14.3 Å². The normalized spacial score (nSPS) is 25.2. The summed E-state index contributed by atoms with van der Waals surface area (Å²) in [6.45, 7) is 4.05. The molecule has 0 saturated carbocycles. The fraction of sp³-hybridized carbons (Fsp3) is 0.579. The number of piperazine rings is 1. The summed E-state index contributed by atoms with van der Waals surface area (Å²) in [5.41, 5.74) is 6.52. The number of halogens is 2. The minimum atomic E-state index is -0.385. The Bertz CT molecular complexity index is 673. The molecule has 3 rings (SSSR count). The molecule has 1 aromatic carbocycles. The van der Waals surface area contributed by atoms with Gasteiger partial charge in [-0.1, -0.05) is 23.7 Å². The van der Waals surface area contributed by atoms with Crippen LogP contribution in [0.15, 0.2) is 24.3 Å². The molecular formula is C19H27Cl2N3O3. The summed E-state index contributed by atoms with van der Waals surface area (Å²) in [7, 11) is 0. The number of carbonyl (C=O) groups excluding carboxylic acids is 2. The third kappa shape index (κ3) is 5.35. The molecule has 27 heavy (non-hydrogen) atoms. The molecule has 0 bridgehead atoms. The van der Waals surface area contributed by atoms with Crippen LogP contribution in [-0.4, -0.2) is 66.0 Å². The second-order valence-electron chi connectivity index (χ2n) is 7.09. The van der Waals surface area contributed by atoms with Crippen LogP contribution >= 0.6 is 24.0 Å². The third-order valence-corrected chi connectivity index (χ3v) is 5.38. The first-order chi connectivity index (χ1) is 12.5. The Balaban J connectivity index is 0.00000261. The van der Waals surface area contributed by atoms with E-state index in [1.807, 2.05) is 34.9 Å². The zero-order valence-electron chi connectivity index (χ0n) is 15.5. The summed E-state index contributed by atoms with van der Waals surface area (Å²) in [5.74, 6) is 0.0851. The van der Waals surface area contributed by atoms with E-state index in [0.29, 0.717) is 37.6 Å². The van der Waals surface area contributed by atoms with Crippen molar-refractivity contribution in [3.05, 3.63) is 34.9 Å². The monoisotopic (exact) mass is 415 g/mol. The second-order valence-corrected chi connectivity index (χ2v) is 7.52. The van der Waals surface area contributed by atoms with E-state index in [9.17, 15) is 9.59 Å². The smallest absolute Gasteiger partial charge is 0.251 e. The topological polar surface area (TPSA) is 75.9 Å². The molecule has 2 saturated heterocycles. The maximum Gasteiger partial charge on any atom is 0.251 e. The minimum absolute atomic E-state index is 0. The molecule has 0 radical (unpaired) electrons. The quantitative estimate of drug-likeness (QED) is 0.813. The number of ether oxygens (including phenoxy) is 1. The first-order valence-electron chi connectivity index (χ1n) is 9.16. The predicted octanol–water partition coefficient (Wildman–Crippen LogP) is 1.87. The fourth-order valence-corrected chi connectivity index (χ4v) is 3.93. The summed E-state index contributed by atoms with van der Waals surface area (Å²) in [5, 5.41) is 0.631. The third-order valence-electron chi connectivity index (χ3n) is 5.15. The van der Waals surface area contributed by atoms with Crippen LogP contribution in [0.2, 0.25) is 5.02 Å². The molecule has 2 aliphatic heterocycles. The molecule has 1 unspecified atom stereocenters. The highest BCUT2D eigenvalue weighted by Gasteiger charge is 2.36. The van der Waals surface area contributed by atoms with Crippen LogP contribution in [0.3, 0.4) is 0 Å². The molecule has 2 fully saturated rings. The van der Waals surface area contributed by atoms with E-state index >= 15 is 0 Å². The predicted molar refractivity (Wildman–Crippen MR) is 107 cm³/mol. The van der Waals surface area contributed by atoms with E-state index in [4.69, 9.17) is 22.1 Å². The molecule has 150 valence electrons. The average molecular weight is 416 g/mol. The molecule has 2 N–H and O–H groups in total. The number of nitrogens with zero attached hydrogens (tertiary/aromatic N) is 2. The van der Waals surface area contributed by atoms with Gasteiger partial charge in [0.05, 0.1) is 12.5 Å². The van der Waals surface area contributed by atoms with Crippen LogP contribution in [0, 0.1) is 0 Å². The van der Waals surface area contributed by atoms with E-state index < -0.39 is 0 Å². The van der Waals surface area contributed by atoms with Gasteiger partial charge in [-0.25, -0.2) is 0 Å². The van der Waals surface area contributed by atoms with Crippen molar-refractivity contribution in [3.8, 4) is 0 Å². The summed E-state index contributed by atoms with van der Waals surface area (Å²) >= 11 is 5.99. The van der Waals surface area contributed by atoms with Crippen LogP contribution in [0.1, 0.15) is 25.3 Å². The molecule has 2 amide bonds.